The Kier molecular flexibility index (Phi) is 3.09. The van der Waals surface area contributed by atoms with Crippen LogP contribution in [0.5, 0.6) is 0 Å². The lowest BCUT2D eigenvalue weighted by molar-refractivity contribution is 0.0827. The van der Waals surface area contributed by atoms with Gasteiger partial charge in [-0.05, 0) is 55.1 Å². The molecule has 2 saturated carbocycles. The van der Waals surface area contributed by atoms with Gasteiger partial charge in [-0.15, -0.1) is 0 Å². The van der Waals surface area contributed by atoms with E-state index >= 15 is 0 Å². The van der Waals surface area contributed by atoms with Gasteiger partial charge in [0.1, 0.15) is 0 Å². The Bertz CT molecular complexity index is 593. The summed E-state index contributed by atoms with van der Waals surface area (Å²) in [6.07, 6.45) is 3.60. The first-order chi connectivity index (χ1) is 9.75. The quantitative estimate of drug-likeness (QED) is 0.817. The average molecular weight is 286 g/mol. The number of aryl methyl sites for hydroxylation is 1. The monoisotopic (exact) mass is 286 g/mol. The largest absolute Gasteiger partial charge is 0.398 e. The molecule has 2 fully saturated rings. The zero-order valence-corrected chi connectivity index (χ0v) is 13.5. The molecule has 21 heavy (non-hydrogen) atoms. The van der Waals surface area contributed by atoms with Gasteiger partial charge in [-0.1, -0.05) is 32.4 Å². The van der Waals surface area contributed by atoms with Crippen LogP contribution in [0, 0.1) is 23.7 Å². The van der Waals surface area contributed by atoms with E-state index in [9.17, 15) is 4.79 Å². The zero-order valence-electron chi connectivity index (χ0n) is 13.5. The van der Waals surface area contributed by atoms with Crippen molar-refractivity contribution in [1.82, 2.24) is 5.32 Å². The van der Waals surface area contributed by atoms with Crippen LogP contribution in [0.2, 0.25) is 0 Å². The zero-order chi connectivity index (χ0) is 15.4. The molecule has 2 bridgehead atoms. The molecule has 0 radical (unpaired) electrons. The summed E-state index contributed by atoms with van der Waals surface area (Å²) in [4.78, 5) is 12.6. The minimum absolute atomic E-state index is 0.0224. The molecule has 3 nitrogen and oxygen atoms in total. The summed E-state index contributed by atoms with van der Waals surface area (Å²) in [5.41, 5.74) is 8.71. The van der Waals surface area contributed by atoms with E-state index in [1.54, 1.807) is 0 Å². The maximum absolute atomic E-state index is 12.6. The van der Waals surface area contributed by atoms with Crippen molar-refractivity contribution < 1.29 is 4.79 Å². The number of anilines is 1. The van der Waals surface area contributed by atoms with Crippen molar-refractivity contribution in [2.45, 2.75) is 53.0 Å². The maximum Gasteiger partial charge on any atom is 0.253 e. The number of hydrogen-bond donors (Lipinski definition) is 2. The predicted octanol–water partition coefficient (Wildman–Crippen LogP) is 3.52. The Hall–Kier alpha value is -1.51. The van der Waals surface area contributed by atoms with Crippen LogP contribution in [0.15, 0.2) is 18.2 Å². The number of nitrogens with one attached hydrogen (secondary N) is 1. The molecule has 3 N–H and O–H groups in total. The average Bonchev–Trinajstić information content (AvgIpc) is 2.74. The molecule has 2 aliphatic carbocycles. The van der Waals surface area contributed by atoms with Crippen LogP contribution < -0.4 is 11.1 Å². The third kappa shape index (κ3) is 1.97. The number of carbonyl (C=O) groups is 1. The molecule has 0 heterocycles. The molecule has 1 aromatic rings. The first-order valence-electron chi connectivity index (χ1n) is 7.93. The predicted molar refractivity (Wildman–Crippen MR) is 86.1 cm³/mol. The van der Waals surface area contributed by atoms with Crippen molar-refractivity contribution in [2.75, 3.05) is 5.73 Å². The van der Waals surface area contributed by atoms with Gasteiger partial charge in [0, 0.05) is 11.7 Å². The first-order valence-corrected chi connectivity index (χ1v) is 7.93. The summed E-state index contributed by atoms with van der Waals surface area (Å²) < 4.78 is 0. The number of rotatable bonds is 2. The highest BCUT2D eigenvalue weighted by atomic mass is 16.1. The van der Waals surface area contributed by atoms with E-state index in [-0.39, 0.29) is 17.4 Å². The third-order valence-electron chi connectivity index (χ3n) is 6.55. The van der Waals surface area contributed by atoms with Crippen molar-refractivity contribution in [1.29, 1.82) is 0 Å². The lowest BCUT2D eigenvalue weighted by atomic mass is 9.69. The Morgan fingerprint density at radius 1 is 1.33 bits per heavy atom. The Labute approximate surface area is 127 Å². The van der Waals surface area contributed by atoms with Gasteiger partial charge in [-0.2, -0.15) is 0 Å². The molecule has 3 unspecified atom stereocenters. The second kappa shape index (κ2) is 4.49. The SMILES string of the molecule is Cc1ccc(N)c(C(=O)NC2CC3CCC2(C)C3(C)C)c1. The van der Waals surface area contributed by atoms with E-state index in [0.717, 1.165) is 17.9 Å². The molecule has 3 atom stereocenters. The van der Waals surface area contributed by atoms with Crippen molar-refractivity contribution in [3.05, 3.63) is 29.3 Å². The number of amides is 1. The van der Waals surface area contributed by atoms with Gasteiger partial charge >= 0.3 is 0 Å². The van der Waals surface area contributed by atoms with Crippen molar-refractivity contribution in [3.63, 3.8) is 0 Å². The Morgan fingerprint density at radius 3 is 2.62 bits per heavy atom. The number of nitrogens with two attached hydrogens (primary N) is 1. The fraction of sp³-hybridized carbons (Fsp3) is 0.611. The smallest absolute Gasteiger partial charge is 0.253 e. The molecule has 1 aromatic carbocycles. The normalized spacial score (nSPS) is 33.1. The third-order valence-corrected chi connectivity index (χ3v) is 6.55. The second-order valence-electron chi connectivity index (χ2n) is 7.73. The van der Waals surface area contributed by atoms with Gasteiger partial charge in [0.25, 0.3) is 5.91 Å². The maximum atomic E-state index is 12.6. The first kappa shape index (κ1) is 14.4. The van der Waals surface area contributed by atoms with Gasteiger partial charge in [-0.25, -0.2) is 0 Å². The summed E-state index contributed by atoms with van der Waals surface area (Å²) in [5, 5.41) is 3.27. The molecule has 0 saturated heterocycles. The molecule has 114 valence electrons. The van der Waals surface area contributed by atoms with Gasteiger partial charge in [0.05, 0.1) is 5.56 Å². The minimum atomic E-state index is -0.0224. The van der Waals surface area contributed by atoms with Crippen LogP contribution in [0.4, 0.5) is 5.69 Å². The lowest BCUT2D eigenvalue weighted by Crippen LogP contribution is -2.47. The molecular formula is C18H26N2O. The van der Waals surface area contributed by atoms with Crippen LogP contribution in [0.25, 0.3) is 0 Å². The van der Waals surface area contributed by atoms with E-state index in [0.29, 0.717) is 16.7 Å². The van der Waals surface area contributed by atoms with Gasteiger partial charge in [0.2, 0.25) is 0 Å². The number of fused-ring (bicyclic) bond motifs is 2. The summed E-state index contributed by atoms with van der Waals surface area (Å²) in [6.45, 7) is 9.04. The van der Waals surface area contributed by atoms with Gasteiger partial charge in [-0.3, -0.25) is 4.79 Å². The summed E-state index contributed by atoms with van der Waals surface area (Å²) >= 11 is 0. The fourth-order valence-electron chi connectivity index (χ4n) is 4.52. The van der Waals surface area contributed by atoms with E-state index in [1.807, 2.05) is 25.1 Å². The molecule has 2 aliphatic rings. The molecule has 0 aliphatic heterocycles. The van der Waals surface area contributed by atoms with Crippen molar-refractivity contribution >= 4 is 11.6 Å². The van der Waals surface area contributed by atoms with E-state index in [2.05, 4.69) is 26.1 Å². The summed E-state index contributed by atoms with van der Waals surface area (Å²) in [7, 11) is 0. The number of hydrogen-bond acceptors (Lipinski definition) is 2. The lowest BCUT2D eigenvalue weighted by Gasteiger charge is -2.39. The fourth-order valence-corrected chi connectivity index (χ4v) is 4.52. The van der Waals surface area contributed by atoms with Crippen molar-refractivity contribution in [2.24, 2.45) is 16.7 Å². The summed E-state index contributed by atoms with van der Waals surface area (Å²) in [6, 6.07) is 5.90. The molecule has 0 aromatic heterocycles. The van der Waals surface area contributed by atoms with Crippen LogP contribution in [0.3, 0.4) is 0 Å². The van der Waals surface area contributed by atoms with Crippen LogP contribution >= 0.6 is 0 Å². The summed E-state index contributed by atoms with van der Waals surface area (Å²) in [5.74, 6) is 0.702. The Morgan fingerprint density at radius 2 is 2.05 bits per heavy atom. The standard InChI is InChI=1S/C18H26N2O/c1-11-5-6-14(19)13(9-11)16(21)20-15-10-12-7-8-18(15,4)17(12,2)3/h5-6,9,12,15H,7-8,10,19H2,1-4H3,(H,20,21). The van der Waals surface area contributed by atoms with Crippen LogP contribution in [-0.4, -0.2) is 11.9 Å². The highest BCUT2D eigenvalue weighted by Gasteiger charge is 2.61. The molecule has 0 spiro atoms. The van der Waals surface area contributed by atoms with E-state index < -0.39 is 0 Å². The highest BCUT2D eigenvalue weighted by Crippen LogP contribution is 2.65. The van der Waals surface area contributed by atoms with Crippen LogP contribution in [-0.2, 0) is 0 Å². The van der Waals surface area contributed by atoms with Gasteiger partial charge in [0.15, 0.2) is 0 Å². The van der Waals surface area contributed by atoms with E-state index in [1.165, 1.54) is 12.8 Å². The second-order valence-corrected chi connectivity index (χ2v) is 7.73. The number of carbonyl (C=O) groups excluding carboxylic acids is 1. The number of nitrogen functional groups attached to an aromatic ring is 1. The molecule has 1 amide bonds. The highest BCUT2D eigenvalue weighted by molar-refractivity contribution is 5.99. The minimum Gasteiger partial charge on any atom is -0.398 e. The van der Waals surface area contributed by atoms with Crippen LogP contribution in [0.1, 0.15) is 56.0 Å². The Balaban J connectivity index is 1.82. The van der Waals surface area contributed by atoms with Crippen molar-refractivity contribution in [3.8, 4) is 0 Å². The molecule has 3 heteroatoms. The molecule has 3 rings (SSSR count). The van der Waals surface area contributed by atoms with E-state index in [4.69, 9.17) is 5.73 Å². The number of benzene rings is 1. The molecular weight excluding hydrogens is 260 g/mol. The van der Waals surface area contributed by atoms with Gasteiger partial charge < -0.3 is 11.1 Å². The topological polar surface area (TPSA) is 55.1 Å².